The minimum atomic E-state index is -4.43. The molecule has 1 aliphatic carbocycles. The highest BCUT2D eigenvalue weighted by molar-refractivity contribution is 5.95. The Morgan fingerprint density at radius 2 is 1.80 bits per heavy atom. The van der Waals surface area contributed by atoms with Gasteiger partial charge in [-0.05, 0) is 75.0 Å². The van der Waals surface area contributed by atoms with E-state index in [1.54, 1.807) is 30.3 Å². The van der Waals surface area contributed by atoms with Gasteiger partial charge in [0, 0.05) is 35.8 Å². The van der Waals surface area contributed by atoms with Gasteiger partial charge >= 0.3 is 6.18 Å². The van der Waals surface area contributed by atoms with Gasteiger partial charge in [0.15, 0.2) is 0 Å². The zero-order valence-corrected chi connectivity index (χ0v) is 22.4. The molecule has 2 aromatic carbocycles. The lowest BCUT2D eigenvalue weighted by atomic mass is 9.91. The van der Waals surface area contributed by atoms with E-state index >= 15 is 0 Å². The summed E-state index contributed by atoms with van der Waals surface area (Å²) in [6.45, 7) is -2.21. The standard InChI is InChI=1S/C29H33F4N5O2/c1-34-20-9-11-21(12-10-20)37-24-6-3-7-26-23(24)16-22(38(26)17-29(31,32)33)5-4-14-36-25-13-8-19(28(39)35-2)15-27(25)40-18-30/h3,6-8,13,15-16,20-21,34,36-37H,9-12,14,17-18H2,1-2H3,(H,35,39)/t20-,21-. The minimum absolute atomic E-state index is 0.0509. The number of anilines is 2. The fourth-order valence-electron chi connectivity index (χ4n) is 5.02. The molecule has 4 rings (SSSR count). The van der Waals surface area contributed by atoms with Crippen LogP contribution in [0.2, 0.25) is 0 Å². The molecule has 1 aliphatic rings. The maximum absolute atomic E-state index is 13.5. The Morgan fingerprint density at radius 1 is 1.05 bits per heavy atom. The Balaban J connectivity index is 1.57. The second-order valence-corrected chi connectivity index (χ2v) is 9.65. The first-order valence-electron chi connectivity index (χ1n) is 13.1. The Kier molecular flexibility index (Phi) is 9.42. The van der Waals surface area contributed by atoms with E-state index in [2.05, 4.69) is 33.1 Å². The van der Waals surface area contributed by atoms with Crippen LogP contribution in [0.15, 0.2) is 42.5 Å². The SMILES string of the molecule is CNC(=O)c1ccc(NCC#Cc2cc3c(N[C@H]4CC[C@H](NC)CC4)cccc3n2CC(F)(F)F)c(OCF)c1. The molecule has 0 aliphatic heterocycles. The average Bonchev–Trinajstić information content (AvgIpc) is 3.28. The molecule has 11 heteroatoms. The number of alkyl halides is 4. The summed E-state index contributed by atoms with van der Waals surface area (Å²) in [7, 11) is 3.44. The van der Waals surface area contributed by atoms with Crippen LogP contribution in [0.3, 0.4) is 0 Å². The van der Waals surface area contributed by atoms with E-state index in [9.17, 15) is 22.4 Å². The van der Waals surface area contributed by atoms with Gasteiger partial charge in [0.1, 0.15) is 12.3 Å². The molecule has 0 bridgehead atoms. The molecule has 0 saturated heterocycles. The van der Waals surface area contributed by atoms with Crippen LogP contribution in [0, 0.1) is 11.8 Å². The highest BCUT2D eigenvalue weighted by Gasteiger charge is 2.30. The lowest BCUT2D eigenvalue weighted by molar-refractivity contribution is -0.140. The predicted molar refractivity (Wildman–Crippen MR) is 149 cm³/mol. The highest BCUT2D eigenvalue weighted by atomic mass is 19.4. The van der Waals surface area contributed by atoms with Crippen molar-refractivity contribution in [1.29, 1.82) is 0 Å². The molecule has 214 valence electrons. The van der Waals surface area contributed by atoms with Crippen molar-refractivity contribution in [3.63, 3.8) is 0 Å². The topological polar surface area (TPSA) is 79.4 Å². The maximum atomic E-state index is 13.5. The average molecular weight is 560 g/mol. The number of amides is 1. The van der Waals surface area contributed by atoms with Crippen LogP contribution in [0.5, 0.6) is 5.75 Å². The van der Waals surface area contributed by atoms with Crippen LogP contribution < -0.4 is 26.0 Å². The number of hydrogen-bond acceptors (Lipinski definition) is 5. The van der Waals surface area contributed by atoms with Crippen molar-refractivity contribution in [2.75, 3.05) is 38.1 Å². The summed E-state index contributed by atoms with van der Waals surface area (Å²) in [5.41, 5.74) is 2.16. The molecular formula is C29H33F4N5O2. The summed E-state index contributed by atoms with van der Waals surface area (Å²) in [6.07, 6.45) is -0.407. The van der Waals surface area contributed by atoms with Crippen LogP contribution in [0.4, 0.5) is 28.9 Å². The molecule has 1 fully saturated rings. The number of carbonyl (C=O) groups excluding carboxylic acids is 1. The van der Waals surface area contributed by atoms with Gasteiger partial charge in [-0.1, -0.05) is 12.0 Å². The summed E-state index contributed by atoms with van der Waals surface area (Å²) in [5.74, 6) is 5.49. The van der Waals surface area contributed by atoms with Gasteiger partial charge in [-0.15, -0.1) is 0 Å². The molecule has 1 saturated carbocycles. The summed E-state index contributed by atoms with van der Waals surface area (Å²) in [6, 6.07) is 12.2. The first-order chi connectivity index (χ1) is 19.2. The lowest BCUT2D eigenvalue weighted by Crippen LogP contribution is -2.34. The van der Waals surface area contributed by atoms with Crippen LogP contribution in [-0.2, 0) is 6.54 Å². The van der Waals surface area contributed by atoms with E-state index in [1.165, 1.54) is 17.7 Å². The Bertz CT molecular complexity index is 1380. The van der Waals surface area contributed by atoms with Crippen molar-refractivity contribution >= 4 is 28.2 Å². The maximum Gasteiger partial charge on any atom is 0.406 e. The number of carbonyl (C=O) groups is 1. The fourth-order valence-corrected chi connectivity index (χ4v) is 5.02. The van der Waals surface area contributed by atoms with Gasteiger partial charge < -0.3 is 30.6 Å². The number of hydrogen-bond donors (Lipinski definition) is 4. The normalized spacial score (nSPS) is 17.1. The molecule has 40 heavy (non-hydrogen) atoms. The predicted octanol–water partition coefficient (Wildman–Crippen LogP) is 5.28. The van der Waals surface area contributed by atoms with Gasteiger partial charge in [0.05, 0.1) is 23.4 Å². The van der Waals surface area contributed by atoms with Crippen molar-refractivity contribution in [2.45, 2.75) is 50.5 Å². The number of benzene rings is 2. The van der Waals surface area contributed by atoms with Crippen LogP contribution in [-0.4, -0.2) is 56.2 Å². The van der Waals surface area contributed by atoms with Crippen molar-refractivity contribution in [3.05, 3.63) is 53.7 Å². The molecule has 0 spiro atoms. The van der Waals surface area contributed by atoms with E-state index in [0.29, 0.717) is 28.2 Å². The third kappa shape index (κ3) is 7.18. The van der Waals surface area contributed by atoms with E-state index in [0.717, 1.165) is 31.4 Å². The van der Waals surface area contributed by atoms with Gasteiger partial charge in [-0.25, -0.2) is 4.39 Å². The molecule has 1 heterocycles. The second kappa shape index (κ2) is 13.0. The zero-order chi connectivity index (χ0) is 28.7. The first-order valence-corrected chi connectivity index (χ1v) is 13.1. The monoisotopic (exact) mass is 559 g/mol. The molecule has 0 unspecified atom stereocenters. The quantitative estimate of drug-likeness (QED) is 0.212. The summed E-state index contributed by atoms with van der Waals surface area (Å²) in [5, 5.41) is 13.0. The van der Waals surface area contributed by atoms with Crippen LogP contribution in [0.1, 0.15) is 41.7 Å². The number of rotatable bonds is 9. The largest absolute Gasteiger partial charge is 0.461 e. The van der Waals surface area contributed by atoms with E-state index in [1.807, 2.05) is 13.1 Å². The Labute approximate surface area is 230 Å². The molecule has 1 aromatic heterocycles. The number of ether oxygens (including phenoxy) is 1. The van der Waals surface area contributed by atoms with Gasteiger partial charge in [-0.3, -0.25) is 4.79 Å². The third-order valence-electron chi connectivity index (χ3n) is 7.04. The Morgan fingerprint density at radius 3 is 2.48 bits per heavy atom. The van der Waals surface area contributed by atoms with Gasteiger partial charge in [0.25, 0.3) is 5.91 Å². The van der Waals surface area contributed by atoms with Crippen LogP contribution in [0.25, 0.3) is 10.9 Å². The molecule has 4 N–H and O–H groups in total. The van der Waals surface area contributed by atoms with Crippen molar-refractivity contribution in [1.82, 2.24) is 15.2 Å². The number of nitrogens with one attached hydrogen (secondary N) is 4. The molecule has 0 atom stereocenters. The van der Waals surface area contributed by atoms with E-state index in [4.69, 9.17) is 4.74 Å². The van der Waals surface area contributed by atoms with Crippen molar-refractivity contribution in [2.24, 2.45) is 0 Å². The minimum Gasteiger partial charge on any atom is -0.461 e. The number of halogens is 4. The number of fused-ring (bicyclic) bond motifs is 1. The van der Waals surface area contributed by atoms with Crippen molar-refractivity contribution < 1.29 is 27.1 Å². The van der Waals surface area contributed by atoms with Crippen LogP contribution >= 0.6 is 0 Å². The molecule has 3 aromatic rings. The first kappa shape index (κ1) is 29.1. The molecule has 1 amide bonds. The summed E-state index contributed by atoms with van der Waals surface area (Å²) >= 11 is 0. The third-order valence-corrected chi connectivity index (χ3v) is 7.04. The van der Waals surface area contributed by atoms with E-state index < -0.39 is 19.6 Å². The summed E-state index contributed by atoms with van der Waals surface area (Å²) < 4.78 is 59.7. The lowest BCUT2D eigenvalue weighted by Gasteiger charge is -2.29. The molecule has 0 radical (unpaired) electrons. The zero-order valence-electron chi connectivity index (χ0n) is 22.4. The number of nitrogens with zero attached hydrogens (tertiary/aromatic N) is 1. The smallest absolute Gasteiger partial charge is 0.406 e. The molecule has 7 nitrogen and oxygen atoms in total. The van der Waals surface area contributed by atoms with Gasteiger partial charge in [-0.2, -0.15) is 13.2 Å². The summed E-state index contributed by atoms with van der Waals surface area (Å²) in [4.78, 5) is 11.9. The fraction of sp³-hybridized carbons (Fsp3) is 0.414. The van der Waals surface area contributed by atoms with Gasteiger partial charge in [0.2, 0.25) is 6.86 Å². The second-order valence-electron chi connectivity index (χ2n) is 9.65. The Hall–Kier alpha value is -3.91. The molecular weight excluding hydrogens is 526 g/mol. The van der Waals surface area contributed by atoms with E-state index in [-0.39, 0.29) is 29.9 Å². The highest BCUT2D eigenvalue weighted by Crippen LogP contribution is 2.32. The number of aromatic nitrogens is 1. The van der Waals surface area contributed by atoms with Crippen molar-refractivity contribution in [3.8, 4) is 17.6 Å².